The summed E-state index contributed by atoms with van der Waals surface area (Å²) < 4.78 is 0. The van der Waals surface area contributed by atoms with Crippen LogP contribution < -0.4 is 10.6 Å². The summed E-state index contributed by atoms with van der Waals surface area (Å²) in [6.07, 6.45) is 4.65. The number of carbonyl (C=O) groups excluding carboxylic acids is 2. The van der Waals surface area contributed by atoms with E-state index in [0.717, 1.165) is 39.1 Å². The molecule has 0 heterocycles. The average molecular weight is 314 g/mol. The average Bonchev–Trinajstić information content (AvgIpc) is 2.43. The first kappa shape index (κ1) is 20.9. The van der Waals surface area contributed by atoms with Gasteiger partial charge < -0.3 is 20.4 Å². The predicted molar refractivity (Wildman–Crippen MR) is 90.8 cm³/mol. The van der Waals surface area contributed by atoms with Gasteiger partial charge >= 0.3 is 0 Å². The standard InChI is InChI=1S/C16H34N4O2/c1-15(21)17-9-7-5-6-8-11-19(3)13-14-20(4)12-10-18-16(2)22/h5-14H2,1-4H3,(H,17,21)(H,18,22). The Morgan fingerprint density at radius 1 is 0.682 bits per heavy atom. The van der Waals surface area contributed by atoms with Gasteiger partial charge in [-0.2, -0.15) is 0 Å². The SMILES string of the molecule is CC(=O)NCCCCCCN(C)CCN(C)CCNC(C)=O. The van der Waals surface area contributed by atoms with E-state index >= 15 is 0 Å². The van der Waals surface area contributed by atoms with Crippen molar-refractivity contribution in [1.29, 1.82) is 0 Å². The third kappa shape index (κ3) is 15.3. The highest BCUT2D eigenvalue weighted by Crippen LogP contribution is 2.00. The van der Waals surface area contributed by atoms with Gasteiger partial charge in [-0.15, -0.1) is 0 Å². The molecule has 0 atom stereocenters. The van der Waals surface area contributed by atoms with Crippen molar-refractivity contribution in [3.8, 4) is 0 Å². The lowest BCUT2D eigenvalue weighted by Crippen LogP contribution is -2.36. The third-order valence-corrected chi connectivity index (χ3v) is 3.57. The van der Waals surface area contributed by atoms with Crippen LogP contribution in [0.4, 0.5) is 0 Å². The fourth-order valence-electron chi connectivity index (χ4n) is 2.11. The van der Waals surface area contributed by atoms with E-state index in [1.54, 1.807) is 13.8 Å². The molecule has 0 aromatic carbocycles. The Morgan fingerprint density at radius 2 is 1.18 bits per heavy atom. The highest BCUT2D eigenvalue weighted by Gasteiger charge is 2.02. The van der Waals surface area contributed by atoms with Crippen LogP contribution >= 0.6 is 0 Å². The van der Waals surface area contributed by atoms with Gasteiger partial charge in [0.1, 0.15) is 0 Å². The van der Waals surface area contributed by atoms with Crippen LogP contribution in [-0.4, -0.2) is 75.0 Å². The van der Waals surface area contributed by atoms with E-state index in [1.165, 1.54) is 19.3 Å². The fourth-order valence-corrected chi connectivity index (χ4v) is 2.11. The van der Waals surface area contributed by atoms with Crippen molar-refractivity contribution in [2.75, 3.05) is 53.4 Å². The van der Waals surface area contributed by atoms with Crippen LogP contribution in [0, 0.1) is 0 Å². The molecule has 0 unspecified atom stereocenters. The predicted octanol–water partition coefficient (Wildman–Crippen LogP) is 0.683. The van der Waals surface area contributed by atoms with Crippen LogP contribution in [-0.2, 0) is 9.59 Å². The van der Waals surface area contributed by atoms with Crippen molar-refractivity contribution in [3.63, 3.8) is 0 Å². The van der Waals surface area contributed by atoms with Gasteiger partial charge in [-0.25, -0.2) is 0 Å². The molecule has 0 aliphatic carbocycles. The molecule has 0 aromatic rings. The van der Waals surface area contributed by atoms with Crippen molar-refractivity contribution >= 4 is 11.8 Å². The zero-order chi connectivity index (χ0) is 16.8. The highest BCUT2D eigenvalue weighted by atomic mass is 16.2. The van der Waals surface area contributed by atoms with Crippen LogP contribution in [0.15, 0.2) is 0 Å². The van der Waals surface area contributed by atoms with Crippen molar-refractivity contribution in [3.05, 3.63) is 0 Å². The number of rotatable bonds is 13. The second-order valence-electron chi connectivity index (χ2n) is 5.99. The number of hydrogen-bond acceptors (Lipinski definition) is 4. The minimum atomic E-state index is 0.0315. The second-order valence-corrected chi connectivity index (χ2v) is 5.99. The van der Waals surface area contributed by atoms with Gasteiger partial charge in [0.25, 0.3) is 0 Å². The van der Waals surface area contributed by atoms with Gasteiger partial charge in [0.05, 0.1) is 0 Å². The molecule has 0 spiro atoms. The zero-order valence-corrected chi connectivity index (χ0v) is 14.8. The molecule has 22 heavy (non-hydrogen) atoms. The van der Waals surface area contributed by atoms with Crippen molar-refractivity contribution in [2.24, 2.45) is 0 Å². The van der Waals surface area contributed by atoms with Crippen LogP contribution in [0.25, 0.3) is 0 Å². The normalized spacial score (nSPS) is 11.0. The largest absolute Gasteiger partial charge is 0.356 e. The number of nitrogens with one attached hydrogen (secondary N) is 2. The quantitative estimate of drug-likeness (QED) is 0.491. The molecule has 130 valence electrons. The lowest BCUT2D eigenvalue weighted by atomic mass is 10.2. The van der Waals surface area contributed by atoms with E-state index in [2.05, 4.69) is 34.5 Å². The first-order valence-electron chi connectivity index (χ1n) is 8.27. The van der Waals surface area contributed by atoms with Gasteiger partial charge in [-0.3, -0.25) is 9.59 Å². The zero-order valence-electron chi connectivity index (χ0n) is 14.8. The van der Waals surface area contributed by atoms with E-state index in [0.29, 0.717) is 6.54 Å². The van der Waals surface area contributed by atoms with Crippen LogP contribution in [0.2, 0.25) is 0 Å². The van der Waals surface area contributed by atoms with E-state index in [1.807, 2.05) is 0 Å². The molecule has 0 saturated heterocycles. The number of hydrogen-bond donors (Lipinski definition) is 2. The van der Waals surface area contributed by atoms with E-state index in [9.17, 15) is 9.59 Å². The van der Waals surface area contributed by atoms with Crippen LogP contribution in [0.5, 0.6) is 0 Å². The molecule has 2 amide bonds. The lowest BCUT2D eigenvalue weighted by Gasteiger charge is -2.22. The molecule has 0 aliphatic rings. The van der Waals surface area contributed by atoms with Crippen LogP contribution in [0.3, 0.4) is 0 Å². The monoisotopic (exact) mass is 314 g/mol. The summed E-state index contributed by atoms with van der Waals surface area (Å²) >= 11 is 0. The fraction of sp³-hybridized carbons (Fsp3) is 0.875. The lowest BCUT2D eigenvalue weighted by molar-refractivity contribution is -0.119. The number of carbonyl (C=O) groups is 2. The summed E-state index contributed by atoms with van der Waals surface area (Å²) in [4.78, 5) is 26.1. The van der Waals surface area contributed by atoms with Gasteiger partial charge in [-0.05, 0) is 33.5 Å². The van der Waals surface area contributed by atoms with Crippen molar-refractivity contribution < 1.29 is 9.59 Å². The topological polar surface area (TPSA) is 64.7 Å². The summed E-state index contributed by atoms with van der Waals surface area (Å²) in [6, 6.07) is 0. The minimum Gasteiger partial charge on any atom is -0.356 e. The Bertz CT molecular complexity index is 311. The van der Waals surface area contributed by atoms with E-state index in [4.69, 9.17) is 0 Å². The molecular formula is C16H34N4O2. The highest BCUT2D eigenvalue weighted by molar-refractivity contribution is 5.73. The Morgan fingerprint density at radius 3 is 1.77 bits per heavy atom. The number of nitrogens with zero attached hydrogens (tertiary/aromatic N) is 2. The third-order valence-electron chi connectivity index (χ3n) is 3.57. The first-order chi connectivity index (χ1) is 10.4. The smallest absolute Gasteiger partial charge is 0.216 e. The maximum absolute atomic E-state index is 10.8. The van der Waals surface area contributed by atoms with Crippen molar-refractivity contribution in [2.45, 2.75) is 39.5 Å². The van der Waals surface area contributed by atoms with E-state index in [-0.39, 0.29) is 11.8 Å². The Balaban J connectivity index is 3.39. The van der Waals surface area contributed by atoms with Gasteiger partial charge in [0, 0.05) is 46.6 Å². The summed E-state index contributed by atoms with van der Waals surface area (Å²) in [5.74, 6) is 0.0892. The molecule has 6 nitrogen and oxygen atoms in total. The summed E-state index contributed by atoms with van der Waals surface area (Å²) in [6.45, 7) is 8.66. The van der Waals surface area contributed by atoms with E-state index < -0.39 is 0 Å². The number of amides is 2. The number of unbranched alkanes of at least 4 members (excludes halogenated alkanes) is 3. The number of likely N-dealkylation sites (N-methyl/N-ethyl adjacent to an activating group) is 2. The van der Waals surface area contributed by atoms with Crippen LogP contribution in [0.1, 0.15) is 39.5 Å². The van der Waals surface area contributed by atoms with Crippen molar-refractivity contribution in [1.82, 2.24) is 20.4 Å². The molecule has 0 rings (SSSR count). The van der Waals surface area contributed by atoms with Gasteiger partial charge in [0.2, 0.25) is 11.8 Å². The molecule has 0 bridgehead atoms. The summed E-state index contributed by atoms with van der Waals surface area (Å²) in [7, 11) is 4.23. The molecular weight excluding hydrogens is 280 g/mol. The first-order valence-corrected chi connectivity index (χ1v) is 8.27. The summed E-state index contributed by atoms with van der Waals surface area (Å²) in [5.41, 5.74) is 0. The molecule has 0 saturated carbocycles. The van der Waals surface area contributed by atoms with Gasteiger partial charge in [0.15, 0.2) is 0 Å². The molecule has 6 heteroatoms. The Labute approximate surface area is 135 Å². The molecule has 0 fully saturated rings. The molecule has 0 radical (unpaired) electrons. The Hall–Kier alpha value is -1.14. The summed E-state index contributed by atoms with van der Waals surface area (Å²) in [5, 5.41) is 5.63. The second kappa shape index (κ2) is 13.5. The molecule has 2 N–H and O–H groups in total. The maximum atomic E-state index is 10.8. The maximum Gasteiger partial charge on any atom is 0.216 e. The molecule has 0 aromatic heterocycles. The minimum absolute atomic E-state index is 0.0315. The van der Waals surface area contributed by atoms with Gasteiger partial charge in [-0.1, -0.05) is 12.8 Å². The molecule has 0 aliphatic heterocycles. The Kier molecular flexibility index (Phi) is 12.8.